The molecule has 0 aromatic heterocycles. The number of halogens is 2. The summed E-state index contributed by atoms with van der Waals surface area (Å²) in [6.07, 6.45) is 0. The monoisotopic (exact) mass is 273 g/mol. The molecule has 1 atom stereocenters. The minimum atomic E-state index is -1.08. The van der Waals surface area contributed by atoms with Crippen LogP contribution in [0.15, 0.2) is 24.3 Å². The SMILES string of the molecule is CC1(Cl)ON(c2ccccc2Cl)C(=O)C1(C)C. The van der Waals surface area contributed by atoms with Gasteiger partial charge in [0.05, 0.1) is 16.1 Å². The van der Waals surface area contributed by atoms with Crippen LogP contribution in [0.1, 0.15) is 20.8 Å². The number of benzene rings is 1. The molecule has 1 fully saturated rings. The Hall–Kier alpha value is -0.770. The number of anilines is 1. The van der Waals surface area contributed by atoms with Crippen LogP contribution < -0.4 is 5.06 Å². The zero-order chi connectivity index (χ0) is 12.8. The first-order valence-corrected chi connectivity index (χ1v) is 6.00. The van der Waals surface area contributed by atoms with Crippen molar-refractivity contribution in [2.45, 2.75) is 25.8 Å². The quantitative estimate of drug-likeness (QED) is 0.732. The van der Waals surface area contributed by atoms with Crippen molar-refractivity contribution in [2.75, 3.05) is 5.06 Å². The highest BCUT2D eigenvalue weighted by Crippen LogP contribution is 2.48. The lowest BCUT2D eigenvalue weighted by Gasteiger charge is -2.25. The van der Waals surface area contributed by atoms with E-state index in [1.54, 1.807) is 45.0 Å². The molecular formula is C12H13Cl2NO2. The van der Waals surface area contributed by atoms with E-state index in [9.17, 15) is 4.79 Å². The van der Waals surface area contributed by atoms with Gasteiger partial charge in [-0.2, -0.15) is 5.06 Å². The molecule has 1 saturated heterocycles. The van der Waals surface area contributed by atoms with Crippen molar-refractivity contribution in [1.29, 1.82) is 0 Å². The molecule has 17 heavy (non-hydrogen) atoms. The second-order valence-corrected chi connectivity index (χ2v) is 5.81. The van der Waals surface area contributed by atoms with Gasteiger partial charge in [0.1, 0.15) is 0 Å². The Labute approximate surface area is 110 Å². The number of amides is 1. The number of nitrogens with zero attached hydrogens (tertiary/aromatic N) is 1. The van der Waals surface area contributed by atoms with E-state index in [1.807, 2.05) is 0 Å². The fourth-order valence-corrected chi connectivity index (χ4v) is 1.91. The summed E-state index contributed by atoms with van der Waals surface area (Å²) >= 11 is 12.3. The van der Waals surface area contributed by atoms with E-state index in [-0.39, 0.29) is 5.91 Å². The lowest BCUT2D eigenvalue weighted by Crippen LogP contribution is -2.37. The highest BCUT2D eigenvalue weighted by Gasteiger charge is 2.57. The number of alkyl halides is 1. The summed E-state index contributed by atoms with van der Waals surface area (Å²) in [6, 6.07) is 6.99. The molecule has 0 saturated carbocycles. The van der Waals surface area contributed by atoms with E-state index in [1.165, 1.54) is 5.06 Å². The average Bonchev–Trinajstić information content (AvgIpc) is 2.40. The van der Waals surface area contributed by atoms with Gasteiger partial charge in [0.2, 0.25) is 0 Å². The fourth-order valence-electron chi connectivity index (χ4n) is 1.55. The Morgan fingerprint density at radius 1 is 1.24 bits per heavy atom. The zero-order valence-electron chi connectivity index (χ0n) is 9.83. The number of hydrogen-bond acceptors (Lipinski definition) is 2. The smallest absolute Gasteiger partial charge is 0.260 e. The van der Waals surface area contributed by atoms with E-state index in [2.05, 4.69) is 0 Å². The third kappa shape index (κ3) is 1.82. The Bertz CT molecular complexity index is 471. The van der Waals surface area contributed by atoms with Gasteiger partial charge in [-0.15, -0.1) is 0 Å². The van der Waals surface area contributed by atoms with Crippen LogP contribution in [0.5, 0.6) is 0 Å². The van der Waals surface area contributed by atoms with Gasteiger partial charge in [0.15, 0.2) is 5.06 Å². The second kappa shape index (κ2) is 3.87. The van der Waals surface area contributed by atoms with E-state index in [0.29, 0.717) is 10.7 Å². The van der Waals surface area contributed by atoms with Gasteiger partial charge in [0, 0.05) is 0 Å². The first kappa shape index (κ1) is 12.7. The highest BCUT2D eigenvalue weighted by molar-refractivity contribution is 6.34. The molecule has 1 aliphatic heterocycles. The van der Waals surface area contributed by atoms with Gasteiger partial charge < -0.3 is 0 Å². The van der Waals surface area contributed by atoms with Crippen molar-refractivity contribution in [3.8, 4) is 0 Å². The van der Waals surface area contributed by atoms with Gasteiger partial charge >= 0.3 is 0 Å². The molecule has 5 heteroatoms. The number of rotatable bonds is 1. The minimum absolute atomic E-state index is 0.205. The maximum atomic E-state index is 12.3. The summed E-state index contributed by atoms with van der Waals surface area (Å²) in [6.45, 7) is 5.17. The average molecular weight is 274 g/mol. The van der Waals surface area contributed by atoms with Crippen molar-refractivity contribution in [2.24, 2.45) is 5.41 Å². The lowest BCUT2D eigenvalue weighted by atomic mass is 9.87. The van der Waals surface area contributed by atoms with Crippen LogP contribution in [0.3, 0.4) is 0 Å². The molecule has 0 spiro atoms. The van der Waals surface area contributed by atoms with Crippen molar-refractivity contribution in [3.63, 3.8) is 0 Å². The summed E-state index contributed by atoms with van der Waals surface area (Å²) in [5, 5.41) is 0.546. The normalized spacial score (nSPS) is 27.6. The number of carbonyl (C=O) groups excluding carboxylic acids is 1. The van der Waals surface area contributed by atoms with Crippen molar-refractivity contribution >= 4 is 34.8 Å². The number of hydrogen-bond donors (Lipinski definition) is 0. The van der Waals surface area contributed by atoms with Crippen molar-refractivity contribution in [3.05, 3.63) is 29.3 Å². The van der Waals surface area contributed by atoms with E-state index >= 15 is 0 Å². The van der Waals surface area contributed by atoms with E-state index in [4.69, 9.17) is 28.0 Å². The van der Waals surface area contributed by atoms with Crippen LogP contribution in [0, 0.1) is 5.41 Å². The molecule has 1 aromatic carbocycles. The summed E-state index contributed by atoms with van der Waals surface area (Å²) in [7, 11) is 0. The minimum Gasteiger partial charge on any atom is -0.271 e. The predicted octanol–water partition coefficient (Wildman–Crippen LogP) is 3.60. The lowest BCUT2D eigenvalue weighted by molar-refractivity contribution is -0.124. The summed E-state index contributed by atoms with van der Waals surface area (Å²) in [5.74, 6) is -0.205. The van der Waals surface area contributed by atoms with Gasteiger partial charge in [-0.05, 0) is 32.9 Å². The first-order chi connectivity index (χ1) is 7.77. The number of hydroxylamine groups is 1. The Morgan fingerprint density at radius 3 is 2.29 bits per heavy atom. The molecule has 3 nitrogen and oxygen atoms in total. The van der Waals surface area contributed by atoms with Crippen LogP contribution in [-0.2, 0) is 9.63 Å². The second-order valence-electron chi connectivity index (χ2n) is 4.68. The number of para-hydroxylation sites is 1. The fraction of sp³-hybridized carbons (Fsp3) is 0.417. The Morgan fingerprint density at radius 2 is 1.82 bits per heavy atom. The molecule has 0 bridgehead atoms. The molecule has 1 heterocycles. The van der Waals surface area contributed by atoms with Gasteiger partial charge in [0.25, 0.3) is 5.91 Å². The van der Waals surface area contributed by atoms with Crippen LogP contribution >= 0.6 is 23.2 Å². The van der Waals surface area contributed by atoms with Gasteiger partial charge in [-0.3, -0.25) is 4.79 Å². The molecule has 2 rings (SSSR count). The molecule has 1 aliphatic rings. The molecule has 0 N–H and O–H groups in total. The summed E-state index contributed by atoms with van der Waals surface area (Å²) < 4.78 is 0. The molecule has 1 aromatic rings. The van der Waals surface area contributed by atoms with Gasteiger partial charge in [-0.1, -0.05) is 35.3 Å². The van der Waals surface area contributed by atoms with Crippen LogP contribution in [0.2, 0.25) is 5.02 Å². The molecule has 0 radical (unpaired) electrons. The topological polar surface area (TPSA) is 29.5 Å². The zero-order valence-corrected chi connectivity index (χ0v) is 11.3. The van der Waals surface area contributed by atoms with Crippen molar-refractivity contribution < 1.29 is 9.63 Å². The third-order valence-electron chi connectivity index (χ3n) is 3.17. The Kier molecular flexibility index (Phi) is 2.89. The maximum Gasteiger partial charge on any atom is 0.260 e. The largest absolute Gasteiger partial charge is 0.271 e. The Balaban J connectivity index is 2.45. The predicted molar refractivity (Wildman–Crippen MR) is 68.1 cm³/mol. The highest BCUT2D eigenvalue weighted by atomic mass is 35.5. The molecular weight excluding hydrogens is 261 g/mol. The first-order valence-electron chi connectivity index (χ1n) is 5.24. The molecule has 1 unspecified atom stereocenters. The van der Waals surface area contributed by atoms with Gasteiger partial charge in [-0.25, -0.2) is 4.84 Å². The number of carbonyl (C=O) groups is 1. The third-order valence-corrected chi connectivity index (χ3v) is 4.03. The molecule has 92 valence electrons. The van der Waals surface area contributed by atoms with E-state index < -0.39 is 10.5 Å². The summed E-state index contributed by atoms with van der Waals surface area (Å²) in [5.41, 5.74) is -0.301. The molecule has 1 amide bonds. The van der Waals surface area contributed by atoms with Crippen LogP contribution in [0.25, 0.3) is 0 Å². The van der Waals surface area contributed by atoms with E-state index in [0.717, 1.165) is 0 Å². The molecule has 0 aliphatic carbocycles. The van der Waals surface area contributed by atoms with Crippen LogP contribution in [-0.4, -0.2) is 11.0 Å². The standard InChI is InChI=1S/C12H13Cl2NO2/c1-11(2)10(16)15(17-12(11,3)14)9-7-5-4-6-8(9)13/h4-7H,1-3H3. The summed E-state index contributed by atoms with van der Waals surface area (Å²) in [4.78, 5) is 17.8. The van der Waals surface area contributed by atoms with Crippen LogP contribution in [0.4, 0.5) is 5.69 Å². The maximum absolute atomic E-state index is 12.3. The van der Waals surface area contributed by atoms with Crippen molar-refractivity contribution in [1.82, 2.24) is 0 Å².